The largest absolute Gasteiger partial charge is 0.454 e. The topological polar surface area (TPSA) is 16.4 Å². The minimum absolute atomic E-state index is 0.870. The van der Waals surface area contributed by atoms with E-state index in [-0.39, 0.29) is 0 Å². The predicted molar refractivity (Wildman–Crippen MR) is 212 cm³/mol. The highest BCUT2D eigenvalue weighted by atomic mass is 16.3. The zero-order valence-corrected chi connectivity index (χ0v) is 27.3. The van der Waals surface area contributed by atoms with Crippen LogP contribution in [-0.2, 0) is 0 Å². The molecule has 0 saturated carbocycles. The van der Waals surface area contributed by atoms with Gasteiger partial charge in [0.15, 0.2) is 5.58 Å². The van der Waals surface area contributed by atoms with E-state index in [2.05, 4.69) is 193 Å². The van der Waals surface area contributed by atoms with Crippen LogP contribution >= 0.6 is 0 Å². The molecule has 0 aliphatic rings. The van der Waals surface area contributed by atoms with E-state index in [1.165, 1.54) is 54.6 Å². The third kappa shape index (κ3) is 4.81. The standard InChI is InChI=1S/C48H31NO/c1-3-10-36-28-40(18-16-32(36)8-1)34-20-24-42(25-21-34)49(43-26-22-35(23-27-43)41-19-17-33-9-2-4-11-37(33)29-41)46-15-7-14-44-45-30-38-12-5-6-13-39(38)31-47(45)50-48(44)46/h1-31H. The Morgan fingerprint density at radius 2 is 0.780 bits per heavy atom. The summed E-state index contributed by atoms with van der Waals surface area (Å²) in [6, 6.07) is 67.5. The summed E-state index contributed by atoms with van der Waals surface area (Å²) in [7, 11) is 0. The molecule has 2 nitrogen and oxygen atoms in total. The lowest BCUT2D eigenvalue weighted by Gasteiger charge is -2.26. The molecular weight excluding hydrogens is 607 g/mol. The van der Waals surface area contributed by atoms with Gasteiger partial charge in [0.2, 0.25) is 0 Å². The molecule has 1 aromatic heterocycles. The van der Waals surface area contributed by atoms with Crippen LogP contribution in [0.5, 0.6) is 0 Å². The lowest BCUT2D eigenvalue weighted by Crippen LogP contribution is -2.10. The summed E-state index contributed by atoms with van der Waals surface area (Å²) >= 11 is 0. The first-order chi connectivity index (χ1) is 24.7. The van der Waals surface area contributed by atoms with E-state index in [0.29, 0.717) is 0 Å². The van der Waals surface area contributed by atoms with Crippen LogP contribution in [0.25, 0.3) is 76.5 Å². The van der Waals surface area contributed by atoms with Crippen LogP contribution in [0.3, 0.4) is 0 Å². The maximum absolute atomic E-state index is 6.74. The Balaban J connectivity index is 1.11. The summed E-state index contributed by atoms with van der Waals surface area (Å²) in [6.07, 6.45) is 0. The van der Waals surface area contributed by atoms with Gasteiger partial charge in [0.1, 0.15) is 5.58 Å². The molecule has 0 aliphatic heterocycles. The third-order valence-corrected chi connectivity index (χ3v) is 10.0. The highest BCUT2D eigenvalue weighted by Gasteiger charge is 2.20. The van der Waals surface area contributed by atoms with E-state index in [1.54, 1.807) is 0 Å². The van der Waals surface area contributed by atoms with Crippen molar-refractivity contribution in [2.45, 2.75) is 0 Å². The summed E-state index contributed by atoms with van der Waals surface area (Å²) in [6.45, 7) is 0. The molecular formula is C48H31NO. The second-order valence-electron chi connectivity index (χ2n) is 13.0. The normalized spacial score (nSPS) is 11.6. The van der Waals surface area contributed by atoms with E-state index in [4.69, 9.17) is 4.42 Å². The lowest BCUT2D eigenvalue weighted by atomic mass is 10.00. The van der Waals surface area contributed by atoms with Crippen molar-refractivity contribution in [1.82, 2.24) is 0 Å². The number of fused-ring (bicyclic) bond motifs is 6. The third-order valence-electron chi connectivity index (χ3n) is 10.0. The number of hydrogen-bond acceptors (Lipinski definition) is 2. The van der Waals surface area contributed by atoms with Crippen molar-refractivity contribution in [1.29, 1.82) is 0 Å². The van der Waals surface area contributed by atoms with Gasteiger partial charge < -0.3 is 9.32 Å². The first-order valence-corrected chi connectivity index (χ1v) is 17.1. The molecule has 0 fully saturated rings. The highest BCUT2D eigenvalue weighted by Crippen LogP contribution is 2.43. The molecule has 10 rings (SSSR count). The maximum Gasteiger partial charge on any atom is 0.159 e. The molecule has 50 heavy (non-hydrogen) atoms. The van der Waals surface area contributed by atoms with Crippen molar-refractivity contribution < 1.29 is 4.42 Å². The Hall–Kier alpha value is -6.64. The van der Waals surface area contributed by atoms with Crippen LogP contribution in [-0.4, -0.2) is 0 Å². The Morgan fingerprint density at radius 1 is 0.320 bits per heavy atom. The van der Waals surface area contributed by atoms with Gasteiger partial charge in [0, 0.05) is 22.1 Å². The monoisotopic (exact) mass is 637 g/mol. The van der Waals surface area contributed by atoms with E-state index < -0.39 is 0 Å². The SMILES string of the molecule is c1ccc2cc(-c3ccc(N(c4ccc(-c5ccc6ccccc6c5)cc4)c4cccc5c4oc4cc6ccccc6cc45)cc3)ccc2c1. The molecule has 10 aromatic rings. The number of benzene rings is 9. The first-order valence-electron chi connectivity index (χ1n) is 17.1. The predicted octanol–water partition coefficient (Wildman–Crippen LogP) is 13.8. The van der Waals surface area contributed by atoms with Crippen molar-refractivity contribution in [3.05, 3.63) is 188 Å². The molecule has 0 N–H and O–H groups in total. The van der Waals surface area contributed by atoms with Crippen LogP contribution < -0.4 is 4.90 Å². The lowest BCUT2D eigenvalue weighted by molar-refractivity contribution is 0.669. The average molecular weight is 638 g/mol. The molecule has 0 bridgehead atoms. The molecule has 0 spiro atoms. The smallest absolute Gasteiger partial charge is 0.159 e. The van der Waals surface area contributed by atoms with Gasteiger partial charge in [-0.15, -0.1) is 0 Å². The number of hydrogen-bond donors (Lipinski definition) is 0. The molecule has 0 saturated heterocycles. The molecule has 0 amide bonds. The van der Waals surface area contributed by atoms with Crippen LogP contribution in [0.2, 0.25) is 0 Å². The maximum atomic E-state index is 6.74. The van der Waals surface area contributed by atoms with Gasteiger partial charge in [0.25, 0.3) is 0 Å². The van der Waals surface area contributed by atoms with E-state index in [9.17, 15) is 0 Å². The molecule has 9 aromatic carbocycles. The number of nitrogens with zero attached hydrogens (tertiary/aromatic N) is 1. The Labute approximate surface area is 290 Å². The quantitative estimate of drug-likeness (QED) is 0.187. The van der Waals surface area contributed by atoms with E-state index in [1.807, 2.05) is 0 Å². The van der Waals surface area contributed by atoms with Gasteiger partial charge in [-0.25, -0.2) is 0 Å². The Morgan fingerprint density at radius 3 is 1.32 bits per heavy atom. The van der Waals surface area contributed by atoms with Crippen molar-refractivity contribution in [3.8, 4) is 22.3 Å². The summed E-state index contributed by atoms with van der Waals surface area (Å²) in [5.41, 5.74) is 9.65. The summed E-state index contributed by atoms with van der Waals surface area (Å²) in [4.78, 5) is 2.32. The van der Waals surface area contributed by atoms with E-state index >= 15 is 0 Å². The van der Waals surface area contributed by atoms with Gasteiger partial charge >= 0.3 is 0 Å². The molecule has 0 radical (unpaired) electrons. The fourth-order valence-corrected chi connectivity index (χ4v) is 7.42. The van der Waals surface area contributed by atoms with Crippen molar-refractivity contribution in [3.63, 3.8) is 0 Å². The summed E-state index contributed by atoms with van der Waals surface area (Å²) < 4.78 is 6.74. The van der Waals surface area contributed by atoms with Crippen molar-refractivity contribution in [2.75, 3.05) is 4.90 Å². The minimum atomic E-state index is 0.870. The zero-order chi connectivity index (χ0) is 33.0. The number of rotatable bonds is 5. The molecule has 1 heterocycles. The van der Waals surface area contributed by atoms with Gasteiger partial charge in [-0.05, 0) is 109 Å². The Bertz CT molecular complexity index is 2740. The average Bonchev–Trinajstić information content (AvgIpc) is 3.55. The highest BCUT2D eigenvalue weighted by molar-refractivity contribution is 6.13. The van der Waals surface area contributed by atoms with Crippen LogP contribution in [0.4, 0.5) is 17.1 Å². The van der Waals surface area contributed by atoms with Crippen LogP contribution in [0.15, 0.2) is 192 Å². The summed E-state index contributed by atoms with van der Waals surface area (Å²) in [5, 5.41) is 9.59. The van der Waals surface area contributed by atoms with Crippen LogP contribution in [0.1, 0.15) is 0 Å². The van der Waals surface area contributed by atoms with Gasteiger partial charge in [-0.1, -0.05) is 133 Å². The van der Waals surface area contributed by atoms with Gasteiger partial charge in [0.05, 0.1) is 5.69 Å². The molecule has 234 valence electrons. The first kappa shape index (κ1) is 28.4. The van der Waals surface area contributed by atoms with Crippen LogP contribution in [0, 0.1) is 0 Å². The second-order valence-corrected chi connectivity index (χ2v) is 13.0. The number of para-hydroxylation sites is 1. The van der Waals surface area contributed by atoms with Crippen molar-refractivity contribution >= 4 is 71.3 Å². The second kappa shape index (κ2) is 11.5. The molecule has 0 unspecified atom stereocenters. The summed E-state index contributed by atoms with van der Waals surface area (Å²) in [5.74, 6) is 0. The van der Waals surface area contributed by atoms with Gasteiger partial charge in [-0.2, -0.15) is 0 Å². The molecule has 0 atom stereocenters. The Kier molecular flexibility index (Phi) is 6.53. The fourth-order valence-electron chi connectivity index (χ4n) is 7.42. The molecule has 2 heteroatoms. The van der Waals surface area contributed by atoms with Gasteiger partial charge in [-0.3, -0.25) is 0 Å². The minimum Gasteiger partial charge on any atom is -0.454 e. The van der Waals surface area contributed by atoms with Crippen molar-refractivity contribution in [2.24, 2.45) is 0 Å². The number of anilines is 3. The zero-order valence-electron chi connectivity index (χ0n) is 27.3. The molecule has 0 aliphatic carbocycles. The number of furan rings is 1. The van der Waals surface area contributed by atoms with E-state index in [0.717, 1.165) is 39.0 Å². The fraction of sp³-hybridized carbons (Fsp3) is 0.